The van der Waals surface area contributed by atoms with Crippen molar-refractivity contribution in [3.8, 4) is 0 Å². The molecule has 5 nitrogen and oxygen atoms in total. The summed E-state index contributed by atoms with van der Waals surface area (Å²) < 4.78 is 1.23. The zero-order valence-corrected chi connectivity index (χ0v) is 6.64. The molecule has 0 unspecified atom stereocenters. The van der Waals surface area contributed by atoms with E-state index in [1.54, 1.807) is 23.7 Å². The topological polar surface area (TPSA) is 67.2 Å². The second-order valence-corrected chi connectivity index (χ2v) is 2.52. The lowest BCUT2D eigenvalue weighted by Gasteiger charge is -1.98. The van der Waals surface area contributed by atoms with Crippen molar-refractivity contribution in [3.63, 3.8) is 0 Å². The summed E-state index contributed by atoms with van der Waals surface area (Å²) in [5.41, 5.74) is 2.92. The standard InChI is InChI=1S/C8H7N3O2/c12-8(10-13)11-5-9-6-3-1-2-4-7(6)11/h1-5,13H,(H,10,12). The molecule has 0 saturated carbocycles. The Bertz CT molecular complexity index is 449. The molecule has 1 amide bonds. The van der Waals surface area contributed by atoms with Crippen LogP contribution in [0.4, 0.5) is 4.79 Å². The number of hydroxylamine groups is 1. The van der Waals surface area contributed by atoms with E-state index in [1.807, 2.05) is 6.07 Å². The number of nitrogens with one attached hydrogen (secondary N) is 1. The molecule has 0 fully saturated rings. The molecule has 1 heterocycles. The minimum absolute atomic E-state index is 0.617. The molecule has 0 aliphatic carbocycles. The Balaban J connectivity index is 2.64. The van der Waals surface area contributed by atoms with E-state index < -0.39 is 6.03 Å². The van der Waals surface area contributed by atoms with Gasteiger partial charge in [-0.25, -0.2) is 19.8 Å². The average molecular weight is 177 g/mol. The summed E-state index contributed by atoms with van der Waals surface area (Å²) in [4.78, 5) is 15.0. The van der Waals surface area contributed by atoms with Gasteiger partial charge in [-0.3, -0.25) is 5.21 Å². The van der Waals surface area contributed by atoms with E-state index in [2.05, 4.69) is 4.98 Å². The summed E-state index contributed by atoms with van der Waals surface area (Å²) in [5, 5.41) is 8.42. The number of carbonyl (C=O) groups is 1. The first-order chi connectivity index (χ1) is 6.33. The SMILES string of the molecule is O=C(NO)n1cnc2ccccc21. The van der Waals surface area contributed by atoms with E-state index in [4.69, 9.17) is 5.21 Å². The first-order valence-corrected chi connectivity index (χ1v) is 3.69. The van der Waals surface area contributed by atoms with E-state index in [9.17, 15) is 4.79 Å². The minimum Gasteiger partial charge on any atom is -0.287 e. The largest absolute Gasteiger partial charge is 0.351 e. The fourth-order valence-corrected chi connectivity index (χ4v) is 1.17. The van der Waals surface area contributed by atoms with Crippen molar-refractivity contribution < 1.29 is 10.0 Å². The summed E-state index contributed by atoms with van der Waals surface area (Å²) in [5.74, 6) is 0. The molecule has 0 bridgehead atoms. The second kappa shape index (κ2) is 2.87. The molecule has 66 valence electrons. The van der Waals surface area contributed by atoms with Crippen LogP contribution in [0.5, 0.6) is 0 Å². The molecule has 2 N–H and O–H groups in total. The predicted octanol–water partition coefficient (Wildman–Crippen LogP) is 0.983. The highest BCUT2D eigenvalue weighted by molar-refractivity contribution is 5.88. The van der Waals surface area contributed by atoms with E-state index in [0.717, 1.165) is 0 Å². The van der Waals surface area contributed by atoms with Crippen molar-refractivity contribution in [2.45, 2.75) is 0 Å². The molecule has 0 atom stereocenters. The van der Waals surface area contributed by atoms with Gasteiger partial charge in [0.15, 0.2) is 0 Å². The van der Waals surface area contributed by atoms with Gasteiger partial charge in [0.1, 0.15) is 6.33 Å². The van der Waals surface area contributed by atoms with E-state index >= 15 is 0 Å². The Labute approximate surface area is 73.6 Å². The summed E-state index contributed by atoms with van der Waals surface area (Å²) in [6.07, 6.45) is 1.36. The van der Waals surface area contributed by atoms with Gasteiger partial charge in [-0.15, -0.1) is 0 Å². The number of amides is 1. The Kier molecular flexibility index (Phi) is 1.71. The van der Waals surface area contributed by atoms with Gasteiger partial charge in [0.2, 0.25) is 0 Å². The van der Waals surface area contributed by atoms with Gasteiger partial charge in [0.25, 0.3) is 0 Å². The van der Waals surface area contributed by atoms with Crippen LogP contribution in [-0.4, -0.2) is 20.8 Å². The lowest BCUT2D eigenvalue weighted by molar-refractivity contribution is 0.163. The third-order valence-electron chi connectivity index (χ3n) is 1.77. The number of fused-ring (bicyclic) bond motifs is 1. The Morgan fingerprint density at radius 1 is 1.46 bits per heavy atom. The molecular weight excluding hydrogens is 170 g/mol. The van der Waals surface area contributed by atoms with Crippen LogP contribution in [0.2, 0.25) is 0 Å². The summed E-state index contributed by atoms with van der Waals surface area (Å²) in [7, 11) is 0. The first-order valence-electron chi connectivity index (χ1n) is 3.69. The lowest BCUT2D eigenvalue weighted by Crippen LogP contribution is -2.24. The first kappa shape index (κ1) is 7.75. The van der Waals surface area contributed by atoms with Gasteiger partial charge < -0.3 is 0 Å². The number of nitrogens with zero attached hydrogens (tertiary/aromatic N) is 2. The van der Waals surface area contributed by atoms with E-state index in [1.165, 1.54) is 10.9 Å². The molecule has 1 aromatic carbocycles. The van der Waals surface area contributed by atoms with Gasteiger partial charge in [0, 0.05) is 0 Å². The Morgan fingerprint density at radius 2 is 2.23 bits per heavy atom. The van der Waals surface area contributed by atoms with Crippen molar-refractivity contribution >= 4 is 17.1 Å². The highest BCUT2D eigenvalue weighted by Gasteiger charge is 2.06. The third-order valence-corrected chi connectivity index (χ3v) is 1.77. The molecule has 0 aliphatic rings. The number of hydrogen-bond donors (Lipinski definition) is 2. The lowest BCUT2D eigenvalue weighted by atomic mass is 10.3. The highest BCUT2D eigenvalue weighted by atomic mass is 16.5. The van der Waals surface area contributed by atoms with Crippen molar-refractivity contribution in [3.05, 3.63) is 30.6 Å². The van der Waals surface area contributed by atoms with Crippen LogP contribution in [0.25, 0.3) is 11.0 Å². The van der Waals surface area contributed by atoms with Crippen molar-refractivity contribution in [1.82, 2.24) is 15.0 Å². The zero-order valence-electron chi connectivity index (χ0n) is 6.64. The summed E-state index contributed by atoms with van der Waals surface area (Å²) in [6.45, 7) is 0. The fourth-order valence-electron chi connectivity index (χ4n) is 1.17. The minimum atomic E-state index is -0.617. The quantitative estimate of drug-likeness (QED) is 0.465. The molecule has 0 spiro atoms. The highest BCUT2D eigenvalue weighted by Crippen LogP contribution is 2.10. The normalized spacial score (nSPS) is 10.2. The van der Waals surface area contributed by atoms with Gasteiger partial charge in [-0.05, 0) is 12.1 Å². The van der Waals surface area contributed by atoms with Gasteiger partial charge >= 0.3 is 6.03 Å². The monoisotopic (exact) mass is 177 g/mol. The summed E-state index contributed by atoms with van der Waals surface area (Å²) >= 11 is 0. The molecule has 13 heavy (non-hydrogen) atoms. The number of rotatable bonds is 0. The molecule has 0 aliphatic heterocycles. The average Bonchev–Trinajstić information content (AvgIpc) is 2.60. The Morgan fingerprint density at radius 3 is 3.00 bits per heavy atom. The van der Waals surface area contributed by atoms with Crippen LogP contribution in [0.15, 0.2) is 30.6 Å². The maximum absolute atomic E-state index is 11.1. The number of aromatic nitrogens is 2. The van der Waals surface area contributed by atoms with Crippen LogP contribution in [0, 0.1) is 0 Å². The molecule has 2 aromatic rings. The molecular formula is C8H7N3O2. The predicted molar refractivity (Wildman–Crippen MR) is 45.4 cm³/mol. The number of benzene rings is 1. The second-order valence-electron chi connectivity index (χ2n) is 2.52. The summed E-state index contributed by atoms with van der Waals surface area (Å²) in [6, 6.07) is 6.55. The number of para-hydroxylation sites is 2. The van der Waals surface area contributed by atoms with Crippen LogP contribution in [-0.2, 0) is 0 Å². The molecule has 0 saturated heterocycles. The van der Waals surface area contributed by atoms with Crippen LogP contribution in [0.1, 0.15) is 0 Å². The third kappa shape index (κ3) is 1.15. The van der Waals surface area contributed by atoms with Crippen molar-refractivity contribution in [1.29, 1.82) is 0 Å². The smallest absolute Gasteiger partial charge is 0.287 e. The maximum Gasteiger partial charge on any atom is 0.351 e. The molecule has 5 heteroatoms. The van der Waals surface area contributed by atoms with Crippen molar-refractivity contribution in [2.75, 3.05) is 0 Å². The van der Waals surface area contributed by atoms with Gasteiger partial charge in [0.05, 0.1) is 11.0 Å². The molecule has 1 aromatic heterocycles. The van der Waals surface area contributed by atoms with E-state index in [0.29, 0.717) is 11.0 Å². The fraction of sp³-hybridized carbons (Fsp3) is 0. The number of imidazole rings is 1. The van der Waals surface area contributed by atoms with Gasteiger partial charge in [-0.1, -0.05) is 12.1 Å². The number of hydrogen-bond acceptors (Lipinski definition) is 3. The molecule has 0 radical (unpaired) electrons. The maximum atomic E-state index is 11.1. The van der Waals surface area contributed by atoms with Crippen LogP contribution >= 0.6 is 0 Å². The molecule has 2 rings (SSSR count). The van der Waals surface area contributed by atoms with Crippen molar-refractivity contribution in [2.24, 2.45) is 0 Å². The van der Waals surface area contributed by atoms with Crippen LogP contribution < -0.4 is 5.48 Å². The Hall–Kier alpha value is -1.88. The van der Waals surface area contributed by atoms with E-state index in [-0.39, 0.29) is 0 Å². The van der Waals surface area contributed by atoms with Crippen LogP contribution in [0.3, 0.4) is 0 Å². The van der Waals surface area contributed by atoms with Gasteiger partial charge in [-0.2, -0.15) is 0 Å². The zero-order chi connectivity index (χ0) is 9.26. The number of carbonyl (C=O) groups excluding carboxylic acids is 1.